The second kappa shape index (κ2) is 5.87. The second-order valence-corrected chi connectivity index (χ2v) is 5.23. The number of carbonyl (C=O) groups is 2. The van der Waals surface area contributed by atoms with Gasteiger partial charge in [-0.3, -0.25) is 4.79 Å². The van der Waals surface area contributed by atoms with Crippen LogP contribution in [0.3, 0.4) is 0 Å². The molecule has 18 heavy (non-hydrogen) atoms. The van der Waals surface area contributed by atoms with Crippen molar-refractivity contribution in [1.29, 1.82) is 0 Å². The van der Waals surface area contributed by atoms with Crippen molar-refractivity contribution in [2.24, 2.45) is 0 Å². The second-order valence-electron chi connectivity index (χ2n) is 4.79. The van der Waals surface area contributed by atoms with E-state index < -0.39 is 11.7 Å². The molecule has 0 saturated carbocycles. The van der Waals surface area contributed by atoms with Gasteiger partial charge in [-0.2, -0.15) is 0 Å². The van der Waals surface area contributed by atoms with Crippen LogP contribution < -0.4 is 5.32 Å². The minimum atomic E-state index is -0.613. The molecule has 0 saturated heterocycles. The molecule has 4 nitrogen and oxygen atoms in total. The first kappa shape index (κ1) is 14.5. The molecule has 0 bridgehead atoms. The molecule has 98 valence electrons. The van der Waals surface area contributed by atoms with Crippen molar-refractivity contribution < 1.29 is 14.3 Å². The summed E-state index contributed by atoms with van der Waals surface area (Å²) in [7, 11) is 0. The summed E-state index contributed by atoms with van der Waals surface area (Å²) in [5.41, 5.74) is -0.123. The van der Waals surface area contributed by atoms with Crippen molar-refractivity contribution in [2.75, 3.05) is 6.54 Å². The summed E-state index contributed by atoms with van der Waals surface area (Å²) < 4.78 is 5.02. The molecule has 1 N–H and O–H groups in total. The lowest BCUT2D eigenvalue weighted by molar-refractivity contribution is 0.0520. The fourth-order valence-corrected chi connectivity index (χ4v) is 1.42. The number of ketones is 1. The maximum absolute atomic E-state index is 11.7. The van der Waals surface area contributed by atoms with E-state index in [1.807, 2.05) is 0 Å². The highest BCUT2D eigenvalue weighted by Crippen LogP contribution is 2.11. The molecule has 0 aliphatic carbocycles. The third-order valence-corrected chi connectivity index (χ3v) is 2.17. The standard InChI is InChI=1S/C13H16ClNO3/c1-13(2,3)18-12(17)15-8-11(16)9-5-4-6-10(14)7-9/h4-7H,8H2,1-3H3,(H,15,17). The molecule has 0 fully saturated rings. The molecular weight excluding hydrogens is 254 g/mol. The van der Waals surface area contributed by atoms with Crippen LogP contribution in [0, 0.1) is 0 Å². The molecule has 0 aliphatic rings. The smallest absolute Gasteiger partial charge is 0.408 e. The van der Waals surface area contributed by atoms with Gasteiger partial charge in [-0.25, -0.2) is 4.79 Å². The highest BCUT2D eigenvalue weighted by atomic mass is 35.5. The zero-order chi connectivity index (χ0) is 13.8. The summed E-state index contributed by atoms with van der Waals surface area (Å²) >= 11 is 5.77. The fraction of sp³-hybridized carbons (Fsp3) is 0.385. The van der Waals surface area contributed by atoms with E-state index in [1.165, 1.54) is 0 Å². The Labute approximate surface area is 111 Å². The average Bonchev–Trinajstić information content (AvgIpc) is 2.23. The Hall–Kier alpha value is -1.55. The first-order chi connectivity index (χ1) is 8.28. The topological polar surface area (TPSA) is 55.4 Å². The highest BCUT2D eigenvalue weighted by molar-refractivity contribution is 6.31. The number of rotatable bonds is 3. The van der Waals surface area contributed by atoms with Crippen LogP contribution in [0.25, 0.3) is 0 Å². The zero-order valence-corrected chi connectivity index (χ0v) is 11.4. The Morgan fingerprint density at radius 3 is 2.56 bits per heavy atom. The van der Waals surface area contributed by atoms with Crippen LogP contribution in [0.15, 0.2) is 24.3 Å². The largest absolute Gasteiger partial charge is 0.444 e. The minimum absolute atomic E-state index is 0.116. The van der Waals surface area contributed by atoms with Crippen LogP contribution in [0.1, 0.15) is 31.1 Å². The van der Waals surface area contributed by atoms with E-state index in [1.54, 1.807) is 45.0 Å². The molecule has 0 heterocycles. The van der Waals surface area contributed by atoms with Gasteiger partial charge < -0.3 is 10.1 Å². The number of halogens is 1. The molecule has 0 aromatic heterocycles. The summed E-state index contributed by atoms with van der Waals surface area (Å²) in [5, 5.41) is 2.89. The predicted molar refractivity (Wildman–Crippen MR) is 70.0 cm³/mol. The fourth-order valence-electron chi connectivity index (χ4n) is 1.23. The molecule has 0 spiro atoms. The summed E-state index contributed by atoms with van der Waals surface area (Å²) in [5.74, 6) is -0.219. The van der Waals surface area contributed by atoms with E-state index in [0.29, 0.717) is 10.6 Å². The summed E-state index contributed by atoms with van der Waals surface area (Å²) in [6.07, 6.45) is -0.613. The van der Waals surface area contributed by atoms with Gasteiger partial charge in [-0.15, -0.1) is 0 Å². The number of carbonyl (C=O) groups excluding carboxylic acids is 2. The number of hydrogen-bond donors (Lipinski definition) is 1. The Morgan fingerprint density at radius 2 is 2.00 bits per heavy atom. The van der Waals surface area contributed by atoms with Crippen molar-refractivity contribution in [3.05, 3.63) is 34.9 Å². The summed E-state index contributed by atoms with van der Waals surface area (Å²) in [6, 6.07) is 6.56. The molecule has 1 aromatic carbocycles. The average molecular weight is 270 g/mol. The van der Waals surface area contributed by atoms with E-state index >= 15 is 0 Å². The van der Waals surface area contributed by atoms with Crippen LogP contribution in [0.2, 0.25) is 5.02 Å². The van der Waals surface area contributed by atoms with Gasteiger partial charge >= 0.3 is 6.09 Å². The van der Waals surface area contributed by atoms with Crippen LogP contribution in [0.4, 0.5) is 4.79 Å². The Balaban J connectivity index is 2.49. The van der Waals surface area contributed by atoms with Crippen LogP contribution in [0.5, 0.6) is 0 Å². The van der Waals surface area contributed by atoms with E-state index in [2.05, 4.69) is 5.32 Å². The van der Waals surface area contributed by atoms with Crippen molar-refractivity contribution in [2.45, 2.75) is 26.4 Å². The number of Topliss-reactive ketones (excluding diaryl/α,β-unsaturated/α-hetero) is 1. The van der Waals surface area contributed by atoms with Gasteiger partial charge in [0.1, 0.15) is 5.60 Å². The summed E-state index contributed by atoms with van der Waals surface area (Å²) in [4.78, 5) is 23.1. The maximum atomic E-state index is 11.7. The Kier molecular flexibility index (Phi) is 4.73. The van der Waals surface area contributed by atoms with Crippen LogP contribution >= 0.6 is 11.6 Å². The number of ether oxygens (including phenoxy) is 1. The van der Waals surface area contributed by atoms with Gasteiger partial charge in [0.25, 0.3) is 0 Å². The molecule has 1 aromatic rings. The van der Waals surface area contributed by atoms with Crippen molar-refractivity contribution in [1.82, 2.24) is 5.32 Å². The first-order valence-corrected chi connectivity index (χ1v) is 5.91. The molecular formula is C13H16ClNO3. The number of hydrogen-bond acceptors (Lipinski definition) is 3. The molecule has 0 unspecified atom stereocenters. The van der Waals surface area contributed by atoms with E-state index in [0.717, 1.165) is 0 Å². The van der Waals surface area contributed by atoms with Gasteiger partial charge in [0.15, 0.2) is 5.78 Å². The third-order valence-electron chi connectivity index (χ3n) is 1.94. The van der Waals surface area contributed by atoms with Crippen molar-refractivity contribution >= 4 is 23.5 Å². The molecule has 1 rings (SSSR count). The summed E-state index contributed by atoms with van der Waals surface area (Å²) in [6.45, 7) is 5.15. The van der Waals surface area contributed by atoms with Crippen molar-refractivity contribution in [3.63, 3.8) is 0 Å². The van der Waals surface area contributed by atoms with Crippen LogP contribution in [-0.2, 0) is 4.74 Å². The molecule has 0 aliphatic heterocycles. The Bertz CT molecular complexity index is 452. The molecule has 0 radical (unpaired) electrons. The molecule has 5 heteroatoms. The quantitative estimate of drug-likeness (QED) is 0.858. The predicted octanol–water partition coefficient (Wildman–Crippen LogP) is 3.05. The van der Waals surface area contributed by atoms with Gasteiger partial charge in [-0.1, -0.05) is 23.7 Å². The van der Waals surface area contributed by atoms with Crippen LogP contribution in [-0.4, -0.2) is 24.0 Å². The zero-order valence-electron chi connectivity index (χ0n) is 10.6. The third kappa shape index (κ3) is 5.19. The first-order valence-electron chi connectivity index (χ1n) is 5.53. The monoisotopic (exact) mass is 269 g/mol. The van der Waals surface area contributed by atoms with Gasteiger partial charge in [0, 0.05) is 10.6 Å². The molecule has 1 amide bonds. The number of nitrogens with one attached hydrogen (secondary N) is 1. The van der Waals surface area contributed by atoms with Crippen molar-refractivity contribution in [3.8, 4) is 0 Å². The van der Waals surface area contributed by atoms with E-state index in [4.69, 9.17) is 16.3 Å². The lowest BCUT2D eigenvalue weighted by Gasteiger charge is -2.19. The lowest BCUT2D eigenvalue weighted by atomic mass is 10.1. The lowest BCUT2D eigenvalue weighted by Crippen LogP contribution is -2.35. The number of alkyl carbamates (subject to hydrolysis) is 1. The highest BCUT2D eigenvalue weighted by Gasteiger charge is 2.16. The van der Waals surface area contributed by atoms with Gasteiger partial charge in [0.05, 0.1) is 6.54 Å². The normalized spacial score (nSPS) is 10.9. The minimum Gasteiger partial charge on any atom is -0.444 e. The Morgan fingerprint density at radius 1 is 1.33 bits per heavy atom. The van der Waals surface area contributed by atoms with E-state index in [-0.39, 0.29) is 12.3 Å². The SMILES string of the molecule is CC(C)(C)OC(=O)NCC(=O)c1cccc(Cl)c1. The van der Waals surface area contributed by atoms with Gasteiger partial charge in [-0.05, 0) is 32.9 Å². The number of benzene rings is 1. The van der Waals surface area contributed by atoms with Gasteiger partial charge in [0.2, 0.25) is 0 Å². The van der Waals surface area contributed by atoms with E-state index in [9.17, 15) is 9.59 Å². The molecule has 0 atom stereocenters. The maximum Gasteiger partial charge on any atom is 0.408 e. The number of amides is 1.